The van der Waals surface area contributed by atoms with Gasteiger partial charge in [-0.3, -0.25) is 4.79 Å². The summed E-state index contributed by atoms with van der Waals surface area (Å²) < 4.78 is 5.16. The van der Waals surface area contributed by atoms with Crippen molar-refractivity contribution in [3.8, 4) is 0 Å². The van der Waals surface area contributed by atoms with Gasteiger partial charge in [0, 0.05) is 25.0 Å². The summed E-state index contributed by atoms with van der Waals surface area (Å²) in [5, 5.41) is 0. The van der Waals surface area contributed by atoms with Gasteiger partial charge in [0.1, 0.15) is 5.78 Å². The van der Waals surface area contributed by atoms with Gasteiger partial charge in [-0.2, -0.15) is 0 Å². The van der Waals surface area contributed by atoms with Crippen molar-refractivity contribution < 1.29 is 9.53 Å². The van der Waals surface area contributed by atoms with Gasteiger partial charge in [-0.25, -0.2) is 0 Å². The van der Waals surface area contributed by atoms with Gasteiger partial charge in [0.25, 0.3) is 0 Å². The van der Waals surface area contributed by atoms with Crippen molar-refractivity contribution >= 4 is 5.78 Å². The van der Waals surface area contributed by atoms with E-state index in [2.05, 4.69) is 0 Å². The first-order valence-electron chi connectivity index (χ1n) is 4.97. The van der Waals surface area contributed by atoms with Crippen LogP contribution in [0.4, 0.5) is 0 Å². The molecule has 2 unspecified atom stereocenters. The fourth-order valence-electron chi connectivity index (χ4n) is 1.42. The van der Waals surface area contributed by atoms with Gasteiger partial charge in [0.05, 0.1) is 6.61 Å². The summed E-state index contributed by atoms with van der Waals surface area (Å²) in [4.78, 5) is 11.6. The lowest BCUT2D eigenvalue weighted by Gasteiger charge is -2.16. The molecule has 1 rings (SSSR count). The normalized spacial score (nSPS) is 25.1. The molecule has 1 aliphatic heterocycles. The molecule has 1 fully saturated rings. The minimum absolute atomic E-state index is 0.00750. The highest BCUT2D eigenvalue weighted by atomic mass is 16.5. The van der Waals surface area contributed by atoms with E-state index in [1.807, 2.05) is 13.8 Å². The fourth-order valence-corrected chi connectivity index (χ4v) is 1.42. The topological polar surface area (TPSA) is 52.3 Å². The maximum absolute atomic E-state index is 11.6. The average molecular weight is 185 g/mol. The van der Waals surface area contributed by atoms with Crippen molar-refractivity contribution in [3.05, 3.63) is 0 Å². The smallest absolute Gasteiger partial charge is 0.139 e. The second-order valence-electron chi connectivity index (χ2n) is 4.14. The molecular formula is C10H19NO2. The minimum Gasteiger partial charge on any atom is -0.381 e. The lowest BCUT2D eigenvalue weighted by atomic mass is 9.93. The Bertz CT molecular complexity index is 174. The van der Waals surface area contributed by atoms with E-state index in [-0.39, 0.29) is 17.7 Å². The zero-order valence-corrected chi connectivity index (χ0v) is 8.45. The van der Waals surface area contributed by atoms with E-state index < -0.39 is 0 Å². The Labute approximate surface area is 79.6 Å². The van der Waals surface area contributed by atoms with E-state index in [1.54, 1.807) is 0 Å². The van der Waals surface area contributed by atoms with Gasteiger partial charge in [-0.05, 0) is 12.3 Å². The summed E-state index contributed by atoms with van der Waals surface area (Å²) in [6.45, 7) is 5.42. The molecule has 2 atom stereocenters. The molecule has 0 aromatic heterocycles. The molecule has 1 heterocycles. The van der Waals surface area contributed by atoms with E-state index in [4.69, 9.17) is 10.5 Å². The lowest BCUT2D eigenvalue weighted by molar-refractivity contribution is -0.123. The lowest BCUT2D eigenvalue weighted by Crippen LogP contribution is -2.31. The molecule has 0 aromatic carbocycles. The Morgan fingerprint density at radius 1 is 1.62 bits per heavy atom. The molecule has 0 amide bonds. The van der Waals surface area contributed by atoms with Gasteiger partial charge in [0.2, 0.25) is 0 Å². The first-order chi connectivity index (χ1) is 6.11. The number of carbonyl (C=O) groups excluding carboxylic acids is 1. The Morgan fingerprint density at radius 2 is 2.31 bits per heavy atom. The highest BCUT2D eigenvalue weighted by molar-refractivity contribution is 5.81. The van der Waals surface area contributed by atoms with Crippen molar-refractivity contribution in [2.45, 2.75) is 32.7 Å². The van der Waals surface area contributed by atoms with Gasteiger partial charge in [-0.15, -0.1) is 0 Å². The van der Waals surface area contributed by atoms with Crippen LogP contribution in [-0.4, -0.2) is 25.0 Å². The van der Waals surface area contributed by atoms with Crippen LogP contribution < -0.4 is 5.73 Å². The predicted molar refractivity (Wildman–Crippen MR) is 51.4 cm³/mol. The Kier molecular flexibility index (Phi) is 3.88. The number of ether oxygens (including phenoxy) is 1. The highest BCUT2D eigenvalue weighted by Crippen LogP contribution is 2.17. The molecule has 0 radical (unpaired) electrons. The number of hydrogen-bond donors (Lipinski definition) is 1. The van der Waals surface area contributed by atoms with Crippen LogP contribution in [0.3, 0.4) is 0 Å². The molecule has 3 nitrogen and oxygen atoms in total. The second kappa shape index (κ2) is 4.72. The Morgan fingerprint density at radius 3 is 2.77 bits per heavy atom. The van der Waals surface area contributed by atoms with Crippen molar-refractivity contribution in [2.24, 2.45) is 17.6 Å². The largest absolute Gasteiger partial charge is 0.381 e. The quantitative estimate of drug-likeness (QED) is 0.710. The van der Waals surface area contributed by atoms with E-state index >= 15 is 0 Å². The molecule has 13 heavy (non-hydrogen) atoms. The van der Waals surface area contributed by atoms with E-state index in [0.29, 0.717) is 18.9 Å². The van der Waals surface area contributed by atoms with Crippen LogP contribution in [0.25, 0.3) is 0 Å². The van der Waals surface area contributed by atoms with Crippen LogP contribution in [0.15, 0.2) is 0 Å². The van der Waals surface area contributed by atoms with Crippen LogP contribution >= 0.6 is 0 Å². The SMILES string of the molecule is CC(C)C(N)CC(=O)C1CCOC1. The molecule has 0 aromatic rings. The maximum atomic E-state index is 11.6. The van der Waals surface area contributed by atoms with Crippen molar-refractivity contribution in [1.82, 2.24) is 0 Å². The zero-order chi connectivity index (χ0) is 9.84. The molecule has 0 saturated carbocycles. The summed E-state index contributed by atoms with van der Waals surface area (Å²) in [6.07, 6.45) is 1.38. The molecule has 76 valence electrons. The van der Waals surface area contributed by atoms with Gasteiger partial charge in [0.15, 0.2) is 0 Å². The molecule has 0 bridgehead atoms. The minimum atomic E-state index is 0.00750. The fraction of sp³-hybridized carbons (Fsp3) is 0.900. The maximum Gasteiger partial charge on any atom is 0.139 e. The highest BCUT2D eigenvalue weighted by Gasteiger charge is 2.25. The third-order valence-corrected chi connectivity index (χ3v) is 2.68. The van der Waals surface area contributed by atoms with E-state index in [0.717, 1.165) is 13.0 Å². The number of carbonyl (C=O) groups is 1. The first-order valence-corrected chi connectivity index (χ1v) is 4.97. The second-order valence-corrected chi connectivity index (χ2v) is 4.14. The molecule has 0 spiro atoms. The number of hydrogen-bond acceptors (Lipinski definition) is 3. The Hall–Kier alpha value is -0.410. The standard InChI is InChI=1S/C10H19NO2/c1-7(2)9(11)5-10(12)8-3-4-13-6-8/h7-9H,3-6,11H2,1-2H3. The van der Waals surface area contributed by atoms with Crippen LogP contribution in [0, 0.1) is 11.8 Å². The Balaban J connectivity index is 2.31. The van der Waals surface area contributed by atoms with E-state index in [9.17, 15) is 4.79 Å². The molecule has 0 aliphatic carbocycles. The van der Waals surface area contributed by atoms with Gasteiger partial charge in [-0.1, -0.05) is 13.8 Å². The number of Topliss-reactive ketones (excluding diaryl/α,β-unsaturated/α-hetero) is 1. The van der Waals surface area contributed by atoms with Crippen LogP contribution in [0.5, 0.6) is 0 Å². The third kappa shape index (κ3) is 3.08. The molecule has 2 N–H and O–H groups in total. The van der Waals surface area contributed by atoms with Crippen molar-refractivity contribution in [2.75, 3.05) is 13.2 Å². The van der Waals surface area contributed by atoms with Crippen molar-refractivity contribution in [1.29, 1.82) is 0 Å². The predicted octanol–water partition coefficient (Wildman–Crippen LogP) is 0.965. The summed E-state index contributed by atoms with van der Waals surface area (Å²) in [7, 11) is 0. The van der Waals surface area contributed by atoms with Gasteiger partial charge >= 0.3 is 0 Å². The number of ketones is 1. The zero-order valence-electron chi connectivity index (χ0n) is 8.45. The number of nitrogens with two attached hydrogens (primary N) is 1. The van der Waals surface area contributed by atoms with Crippen LogP contribution in [0.1, 0.15) is 26.7 Å². The van der Waals surface area contributed by atoms with Crippen LogP contribution in [0.2, 0.25) is 0 Å². The van der Waals surface area contributed by atoms with Crippen LogP contribution in [-0.2, 0) is 9.53 Å². The first kappa shape index (κ1) is 10.7. The molecule has 3 heteroatoms. The monoisotopic (exact) mass is 185 g/mol. The summed E-state index contributed by atoms with van der Waals surface area (Å²) in [5.41, 5.74) is 5.82. The van der Waals surface area contributed by atoms with Gasteiger partial charge < -0.3 is 10.5 Å². The van der Waals surface area contributed by atoms with Crippen molar-refractivity contribution in [3.63, 3.8) is 0 Å². The molecular weight excluding hydrogens is 166 g/mol. The summed E-state index contributed by atoms with van der Waals surface area (Å²) in [6, 6.07) is 0.00750. The summed E-state index contributed by atoms with van der Waals surface area (Å²) >= 11 is 0. The summed E-state index contributed by atoms with van der Waals surface area (Å²) in [5.74, 6) is 0.773. The molecule has 1 aliphatic rings. The molecule has 1 saturated heterocycles. The number of rotatable bonds is 4. The third-order valence-electron chi connectivity index (χ3n) is 2.68. The average Bonchev–Trinajstić information content (AvgIpc) is 2.55. The van der Waals surface area contributed by atoms with E-state index in [1.165, 1.54) is 0 Å².